The number of carboxylic acids is 1. The molecule has 3 rings (SSSR count). The van der Waals surface area contributed by atoms with Crippen molar-refractivity contribution in [3.8, 4) is 0 Å². The molecule has 0 aromatic heterocycles. The van der Waals surface area contributed by atoms with Crippen LogP contribution in [0.2, 0.25) is 0 Å². The third-order valence-corrected chi connectivity index (χ3v) is 7.88. The number of carbonyl (C=O) groups is 2. The molecule has 2 atom stereocenters. The van der Waals surface area contributed by atoms with Crippen LogP contribution in [0.1, 0.15) is 23.1 Å². The van der Waals surface area contributed by atoms with Crippen molar-refractivity contribution in [1.29, 1.82) is 5.41 Å². The summed E-state index contributed by atoms with van der Waals surface area (Å²) in [6.45, 7) is 0. The first kappa shape index (κ1) is 27.2. The second-order valence-electron chi connectivity index (χ2n) is 8.90. The molecule has 0 aliphatic carbocycles. The predicted molar refractivity (Wildman–Crippen MR) is 142 cm³/mol. The van der Waals surface area contributed by atoms with E-state index in [0.717, 1.165) is 16.7 Å². The number of carbonyl (C=O) groups excluding carboxylic acids is 1. The van der Waals surface area contributed by atoms with E-state index in [4.69, 9.17) is 5.41 Å². The molecule has 3 aromatic carbocycles. The molecule has 0 heterocycles. The Hall–Kier alpha value is -3.38. The number of aliphatic carboxylic acids is 1. The van der Waals surface area contributed by atoms with E-state index in [2.05, 4.69) is 5.32 Å². The first-order chi connectivity index (χ1) is 17.2. The molecule has 7 nitrogen and oxygen atoms in total. The number of carboxylic acid groups (broad SMARTS) is 1. The fraction of sp³-hybridized carbons (Fsp3) is 0.250. The Balaban J connectivity index is 1.78. The molecule has 5 N–H and O–H groups in total. The molecule has 8 heteroatoms. The highest BCUT2D eigenvalue weighted by Crippen LogP contribution is 2.53. The van der Waals surface area contributed by atoms with Gasteiger partial charge in [0.2, 0.25) is 11.4 Å². The lowest BCUT2D eigenvalue weighted by Gasteiger charge is -2.24. The average molecular weight is 508 g/mol. The molecule has 36 heavy (non-hydrogen) atoms. The Kier molecular flexibility index (Phi) is 9.88. The highest BCUT2D eigenvalue weighted by Gasteiger charge is 2.44. The lowest BCUT2D eigenvalue weighted by atomic mass is 9.98. The van der Waals surface area contributed by atoms with E-state index < -0.39 is 31.6 Å². The van der Waals surface area contributed by atoms with Crippen LogP contribution in [0.5, 0.6) is 0 Å². The second kappa shape index (κ2) is 13.1. The lowest BCUT2D eigenvalue weighted by molar-refractivity contribution is -0.137. The minimum atomic E-state index is -3.88. The van der Waals surface area contributed by atoms with Crippen molar-refractivity contribution in [3.63, 3.8) is 0 Å². The summed E-state index contributed by atoms with van der Waals surface area (Å²) in [4.78, 5) is 46.7. The summed E-state index contributed by atoms with van der Waals surface area (Å²) in [5, 5.41) is 20.6. The summed E-state index contributed by atoms with van der Waals surface area (Å²) < 4.78 is 0. The van der Waals surface area contributed by atoms with Gasteiger partial charge in [0.1, 0.15) is 6.16 Å². The van der Waals surface area contributed by atoms with Crippen LogP contribution in [0.15, 0.2) is 91.0 Å². The van der Waals surface area contributed by atoms with Crippen LogP contribution >= 0.6 is 7.72 Å². The molecule has 0 aliphatic rings. The molecule has 0 fully saturated rings. The quantitative estimate of drug-likeness (QED) is 0.176. The molecule has 0 spiro atoms. The average Bonchev–Trinajstić information content (AvgIpc) is 2.85. The van der Waals surface area contributed by atoms with Gasteiger partial charge in [0.05, 0.1) is 18.8 Å². The maximum absolute atomic E-state index is 13.4. The number of amides is 1. The van der Waals surface area contributed by atoms with Crippen LogP contribution < -0.4 is 5.32 Å². The third-order valence-electron chi connectivity index (χ3n) is 5.91. The second-order valence-corrected chi connectivity index (χ2v) is 11.3. The van der Waals surface area contributed by atoms with E-state index in [-0.39, 0.29) is 30.9 Å². The van der Waals surface area contributed by atoms with Crippen LogP contribution in [0.3, 0.4) is 0 Å². The minimum absolute atomic E-state index is 0.0803. The number of hydrogen-bond donors (Lipinski definition) is 5. The Morgan fingerprint density at radius 2 is 1.25 bits per heavy atom. The Labute approximate surface area is 211 Å². The van der Waals surface area contributed by atoms with Crippen LogP contribution in [0, 0.1) is 11.3 Å². The van der Waals surface area contributed by atoms with Gasteiger partial charge >= 0.3 is 13.7 Å². The Morgan fingerprint density at radius 3 is 1.75 bits per heavy atom. The van der Waals surface area contributed by atoms with Crippen molar-refractivity contribution >= 4 is 25.0 Å². The van der Waals surface area contributed by atoms with Gasteiger partial charge in [-0.2, -0.15) is 0 Å². The van der Waals surface area contributed by atoms with Gasteiger partial charge in [-0.15, -0.1) is 0 Å². The van der Waals surface area contributed by atoms with Gasteiger partial charge in [0.25, 0.3) is 0 Å². The molecule has 0 saturated carbocycles. The Morgan fingerprint density at radius 1 is 0.778 bits per heavy atom. The first-order valence-corrected chi connectivity index (χ1v) is 13.7. The molecule has 188 valence electrons. The van der Waals surface area contributed by atoms with Crippen molar-refractivity contribution in [2.45, 2.75) is 31.7 Å². The fourth-order valence-electron chi connectivity index (χ4n) is 4.07. The van der Waals surface area contributed by atoms with Gasteiger partial charge in [-0.1, -0.05) is 91.0 Å². The van der Waals surface area contributed by atoms with E-state index in [1.807, 2.05) is 91.0 Å². The molecular formula is C28H32N2O5P+. The number of rotatable bonds is 13. The summed E-state index contributed by atoms with van der Waals surface area (Å²) >= 11 is 0. The summed E-state index contributed by atoms with van der Waals surface area (Å²) in [7, 11) is -3.88. The minimum Gasteiger partial charge on any atom is -0.481 e. The molecule has 0 bridgehead atoms. The van der Waals surface area contributed by atoms with Gasteiger partial charge in [-0.05, 0) is 29.5 Å². The maximum Gasteiger partial charge on any atom is 0.314 e. The normalized spacial score (nSPS) is 12.9. The van der Waals surface area contributed by atoms with Gasteiger partial charge in [-0.3, -0.25) is 15.0 Å². The van der Waals surface area contributed by atoms with Crippen molar-refractivity contribution < 1.29 is 24.5 Å². The topological polar surface area (TPSA) is 131 Å². The number of hydrogen-bond acceptors (Lipinski definition) is 5. The van der Waals surface area contributed by atoms with Crippen LogP contribution in [0.25, 0.3) is 0 Å². The third kappa shape index (κ3) is 8.68. The molecule has 0 aliphatic heterocycles. The zero-order valence-electron chi connectivity index (χ0n) is 20.0. The fourth-order valence-corrected chi connectivity index (χ4v) is 5.64. The Bertz CT molecular complexity index is 1140. The van der Waals surface area contributed by atoms with Crippen molar-refractivity contribution in [3.05, 3.63) is 108 Å². The van der Waals surface area contributed by atoms with E-state index in [1.165, 1.54) is 0 Å². The van der Waals surface area contributed by atoms with Crippen LogP contribution in [0.4, 0.5) is 0 Å². The lowest BCUT2D eigenvalue weighted by Crippen LogP contribution is -2.43. The van der Waals surface area contributed by atoms with E-state index >= 15 is 0 Å². The summed E-state index contributed by atoms with van der Waals surface area (Å²) in [5.41, 5.74) is 2.30. The van der Waals surface area contributed by atoms with Gasteiger partial charge < -0.3 is 10.4 Å². The molecule has 2 unspecified atom stereocenters. The number of benzene rings is 3. The summed E-state index contributed by atoms with van der Waals surface area (Å²) in [6.07, 6.45) is 0.0983. The standard InChI is InChI=1S/C28H31N2O5P/c29-26(18-23-14-8-3-9-15-23)36(34,35)20-24(16-21-10-4-1-5-11-21)28(33)30-25(19-27(31)32)17-22-12-6-2-7-13-22/h1-15,24-25,29,34-35H,16-20H2,(H-,30,31,32,33)/p+1. The summed E-state index contributed by atoms with van der Waals surface area (Å²) in [5.74, 6) is -2.34. The van der Waals surface area contributed by atoms with E-state index in [9.17, 15) is 24.5 Å². The van der Waals surface area contributed by atoms with Crippen molar-refractivity contribution in [2.24, 2.45) is 5.92 Å². The van der Waals surface area contributed by atoms with Gasteiger partial charge in [-0.25, -0.2) is 9.79 Å². The van der Waals surface area contributed by atoms with Gasteiger partial charge in [0.15, 0.2) is 0 Å². The molecule has 0 radical (unpaired) electrons. The molecule has 1 amide bonds. The number of nitrogens with one attached hydrogen (secondary N) is 2. The SMILES string of the molecule is N=C(Cc1ccccc1)[P+](O)(O)CC(Cc1ccccc1)C(=O)NC(CC(=O)O)Cc1ccccc1. The zero-order valence-corrected chi connectivity index (χ0v) is 20.9. The van der Waals surface area contributed by atoms with Gasteiger partial charge in [0, 0.05) is 6.04 Å². The smallest absolute Gasteiger partial charge is 0.314 e. The highest BCUT2D eigenvalue weighted by atomic mass is 31.2. The van der Waals surface area contributed by atoms with E-state index in [1.54, 1.807) is 0 Å². The maximum atomic E-state index is 13.4. The largest absolute Gasteiger partial charge is 0.481 e. The van der Waals surface area contributed by atoms with Crippen LogP contribution in [-0.2, 0) is 28.9 Å². The van der Waals surface area contributed by atoms with E-state index in [0.29, 0.717) is 6.42 Å². The molecular weight excluding hydrogens is 475 g/mol. The van der Waals surface area contributed by atoms with Crippen molar-refractivity contribution in [2.75, 3.05) is 6.16 Å². The highest BCUT2D eigenvalue weighted by molar-refractivity contribution is 7.81. The first-order valence-electron chi connectivity index (χ1n) is 11.8. The monoisotopic (exact) mass is 507 g/mol. The van der Waals surface area contributed by atoms with Crippen molar-refractivity contribution in [1.82, 2.24) is 5.32 Å². The predicted octanol–water partition coefficient (Wildman–Crippen LogP) is 4.10. The zero-order chi connectivity index (χ0) is 26.0. The molecule has 3 aromatic rings. The molecule has 0 saturated heterocycles. The summed E-state index contributed by atoms with van der Waals surface area (Å²) in [6, 6.07) is 27.0. The van der Waals surface area contributed by atoms with Crippen LogP contribution in [-0.4, -0.2) is 44.4 Å².